The Labute approximate surface area is 225 Å². The predicted octanol–water partition coefficient (Wildman–Crippen LogP) is 5.74. The quantitative estimate of drug-likeness (QED) is 0.206. The molecule has 2 heterocycles. The van der Waals surface area contributed by atoms with Crippen LogP contribution in [0.5, 0.6) is 5.75 Å². The van der Waals surface area contributed by atoms with E-state index in [9.17, 15) is 14.0 Å². The first-order valence-electron chi connectivity index (χ1n) is 10.9. The van der Waals surface area contributed by atoms with Crippen molar-refractivity contribution in [1.29, 1.82) is 0 Å². The minimum absolute atomic E-state index is 0.0353. The Morgan fingerprint density at radius 3 is 2.65 bits per heavy atom. The van der Waals surface area contributed by atoms with Gasteiger partial charge in [-0.15, -0.1) is 21.5 Å². The average molecular weight is 561 g/mol. The summed E-state index contributed by atoms with van der Waals surface area (Å²) in [5, 5.41) is 14.3. The SMILES string of the molecule is COC(=O)c1c(-c2ccc(F)cc2)csc1NC(=O)CSc1nnc(COc2ccc(Cl)c(C)c2)n1C. The summed E-state index contributed by atoms with van der Waals surface area (Å²) in [4.78, 5) is 25.2. The van der Waals surface area contributed by atoms with Gasteiger partial charge in [-0.2, -0.15) is 0 Å². The van der Waals surface area contributed by atoms with E-state index in [1.54, 1.807) is 41.3 Å². The van der Waals surface area contributed by atoms with Crippen molar-refractivity contribution >= 4 is 51.6 Å². The number of benzene rings is 2. The zero-order valence-electron chi connectivity index (χ0n) is 20.1. The lowest BCUT2D eigenvalue weighted by Gasteiger charge is -2.09. The fourth-order valence-corrected chi connectivity index (χ4v) is 5.16. The first kappa shape index (κ1) is 26.6. The second kappa shape index (κ2) is 11.8. The number of thioether (sulfide) groups is 1. The van der Waals surface area contributed by atoms with E-state index < -0.39 is 5.97 Å². The maximum absolute atomic E-state index is 13.3. The molecule has 4 aromatic rings. The van der Waals surface area contributed by atoms with Gasteiger partial charge in [-0.25, -0.2) is 9.18 Å². The number of rotatable bonds is 9. The highest BCUT2D eigenvalue weighted by Gasteiger charge is 2.23. The highest BCUT2D eigenvalue weighted by molar-refractivity contribution is 7.99. The van der Waals surface area contributed by atoms with E-state index in [2.05, 4.69) is 15.5 Å². The molecule has 1 amide bonds. The third-order valence-corrected chi connectivity index (χ3v) is 7.68. The number of esters is 1. The van der Waals surface area contributed by atoms with Crippen LogP contribution in [0.1, 0.15) is 21.7 Å². The molecule has 37 heavy (non-hydrogen) atoms. The molecular weight excluding hydrogens is 539 g/mol. The number of methoxy groups -OCH3 is 1. The molecule has 0 bridgehead atoms. The summed E-state index contributed by atoms with van der Waals surface area (Å²) in [6.07, 6.45) is 0. The molecule has 8 nitrogen and oxygen atoms in total. The number of carbonyl (C=O) groups is 2. The van der Waals surface area contributed by atoms with E-state index >= 15 is 0 Å². The van der Waals surface area contributed by atoms with Crippen molar-refractivity contribution in [3.05, 3.63) is 75.6 Å². The largest absolute Gasteiger partial charge is 0.486 e. The second-order valence-electron chi connectivity index (χ2n) is 7.85. The van der Waals surface area contributed by atoms with Gasteiger partial charge in [0.1, 0.15) is 28.7 Å². The molecule has 0 aliphatic heterocycles. The lowest BCUT2D eigenvalue weighted by atomic mass is 10.0. The van der Waals surface area contributed by atoms with Gasteiger partial charge in [0, 0.05) is 23.0 Å². The molecule has 0 aliphatic rings. The fraction of sp³-hybridized carbons (Fsp3) is 0.200. The Kier molecular flexibility index (Phi) is 8.47. The van der Waals surface area contributed by atoms with Crippen molar-refractivity contribution in [3.63, 3.8) is 0 Å². The van der Waals surface area contributed by atoms with E-state index in [0.29, 0.717) is 37.9 Å². The van der Waals surface area contributed by atoms with Gasteiger partial charge in [0.2, 0.25) is 5.91 Å². The topological polar surface area (TPSA) is 95.3 Å². The molecule has 2 aromatic heterocycles. The van der Waals surface area contributed by atoms with E-state index in [1.807, 2.05) is 13.0 Å². The van der Waals surface area contributed by atoms with Gasteiger partial charge in [0.15, 0.2) is 11.0 Å². The van der Waals surface area contributed by atoms with Gasteiger partial charge in [0.05, 0.1) is 12.9 Å². The zero-order chi connectivity index (χ0) is 26.5. The maximum Gasteiger partial charge on any atom is 0.341 e. The van der Waals surface area contributed by atoms with Crippen molar-refractivity contribution in [2.24, 2.45) is 7.05 Å². The Balaban J connectivity index is 1.39. The number of aryl methyl sites for hydroxylation is 1. The number of nitrogens with zero attached hydrogens (tertiary/aromatic N) is 3. The summed E-state index contributed by atoms with van der Waals surface area (Å²) in [6.45, 7) is 2.09. The minimum Gasteiger partial charge on any atom is -0.486 e. The molecule has 0 unspecified atom stereocenters. The first-order chi connectivity index (χ1) is 17.8. The van der Waals surface area contributed by atoms with E-state index in [-0.39, 0.29) is 29.6 Å². The molecule has 192 valence electrons. The second-order valence-corrected chi connectivity index (χ2v) is 10.1. The van der Waals surface area contributed by atoms with Crippen LogP contribution < -0.4 is 10.1 Å². The van der Waals surface area contributed by atoms with Crippen molar-refractivity contribution in [3.8, 4) is 16.9 Å². The van der Waals surface area contributed by atoms with Crippen molar-refractivity contribution in [2.75, 3.05) is 18.2 Å². The summed E-state index contributed by atoms with van der Waals surface area (Å²) >= 11 is 8.44. The smallest absolute Gasteiger partial charge is 0.341 e. The van der Waals surface area contributed by atoms with Crippen molar-refractivity contribution in [1.82, 2.24) is 14.8 Å². The normalized spacial score (nSPS) is 10.8. The number of hydrogen-bond acceptors (Lipinski definition) is 8. The number of aromatic nitrogens is 3. The minimum atomic E-state index is -0.600. The third kappa shape index (κ3) is 6.30. The number of nitrogens with one attached hydrogen (secondary N) is 1. The van der Waals surface area contributed by atoms with E-state index in [0.717, 1.165) is 5.56 Å². The summed E-state index contributed by atoms with van der Waals surface area (Å²) in [5.41, 5.74) is 2.31. The summed E-state index contributed by atoms with van der Waals surface area (Å²) in [5.74, 6) is -0.0325. The van der Waals surface area contributed by atoms with Crippen LogP contribution in [0.2, 0.25) is 5.02 Å². The molecule has 1 N–H and O–H groups in total. The zero-order valence-corrected chi connectivity index (χ0v) is 22.5. The molecule has 0 atom stereocenters. The predicted molar refractivity (Wildman–Crippen MR) is 142 cm³/mol. The first-order valence-corrected chi connectivity index (χ1v) is 13.2. The molecule has 0 saturated heterocycles. The van der Waals surface area contributed by atoms with Crippen LogP contribution >= 0.6 is 34.7 Å². The van der Waals surface area contributed by atoms with Gasteiger partial charge in [0.25, 0.3) is 0 Å². The Hall–Kier alpha value is -3.41. The average Bonchev–Trinajstić information content (AvgIpc) is 3.46. The maximum atomic E-state index is 13.3. The van der Waals surface area contributed by atoms with Crippen LogP contribution in [0.15, 0.2) is 53.0 Å². The number of ether oxygens (including phenoxy) is 2. The molecule has 0 saturated carbocycles. The molecular formula is C25H22ClFN4O4S2. The van der Waals surface area contributed by atoms with Crippen LogP contribution in [0.3, 0.4) is 0 Å². The number of amides is 1. The molecule has 0 spiro atoms. The van der Waals surface area contributed by atoms with Crippen molar-refractivity contribution < 1.29 is 23.5 Å². The van der Waals surface area contributed by atoms with E-state index in [4.69, 9.17) is 21.1 Å². The molecule has 0 aliphatic carbocycles. The van der Waals surface area contributed by atoms with Crippen LogP contribution in [0.25, 0.3) is 11.1 Å². The van der Waals surface area contributed by atoms with Crippen LogP contribution in [0.4, 0.5) is 9.39 Å². The van der Waals surface area contributed by atoms with Gasteiger partial charge in [-0.3, -0.25) is 4.79 Å². The number of anilines is 1. The Bertz CT molecular complexity index is 1440. The monoisotopic (exact) mass is 560 g/mol. The van der Waals surface area contributed by atoms with Gasteiger partial charge in [-0.05, 0) is 48.4 Å². The number of carbonyl (C=O) groups excluding carboxylic acids is 2. The highest BCUT2D eigenvalue weighted by atomic mass is 35.5. The molecule has 2 aromatic carbocycles. The number of halogens is 2. The lowest BCUT2D eigenvalue weighted by Crippen LogP contribution is -2.16. The molecule has 12 heteroatoms. The molecule has 4 rings (SSSR count). The number of thiophene rings is 1. The summed E-state index contributed by atoms with van der Waals surface area (Å²) in [7, 11) is 3.05. The molecule has 0 radical (unpaired) electrons. The standard InChI is InChI=1S/C25H22ClFN4O4S2/c1-14-10-17(8-9-19(14)26)35-11-20-29-30-25(31(20)2)37-13-21(32)28-23-22(24(33)34-3)18(12-36-23)15-4-6-16(27)7-5-15/h4-10,12H,11,13H2,1-3H3,(H,28,32). The van der Waals surface area contributed by atoms with E-state index in [1.165, 1.54) is 42.3 Å². The third-order valence-electron chi connectivity index (χ3n) is 5.34. The Morgan fingerprint density at radius 1 is 1.19 bits per heavy atom. The summed E-state index contributed by atoms with van der Waals surface area (Å²) < 4.78 is 25.8. The van der Waals surface area contributed by atoms with Crippen LogP contribution in [-0.2, 0) is 23.2 Å². The van der Waals surface area contributed by atoms with Gasteiger partial charge in [-0.1, -0.05) is 35.5 Å². The molecule has 0 fully saturated rings. The van der Waals surface area contributed by atoms with Crippen molar-refractivity contribution in [2.45, 2.75) is 18.7 Å². The Morgan fingerprint density at radius 2 is 1.95 bits per heavy atom. The fourth-order valence-electron chi connectivity index (χ4n) is 3.34. The summed E-state index contributed by atoms with van der Waals surface area (Å²) in [6, 6.07) is 11.1. The van der Waals surface area contributed by atoms with Crippen LogP contribution in [0, 0.1) is 12.7 Å². The van der Waals surface area contributed by atoms with Gasteiger partial charge >= 0.3 is 5.97 Å². The van der Waals surface area contributed by atoms with Crippen LogP contribution in [-0.4, -0.2) is 39.5 Å². The van der Waals surface area contributed by atoms with Gasteiger partial charge < -0.3 is 19.4 Å². The number of hydrogen-bond donors (Lipinski definition) is 1. The highest BCUT2D eigenvalue weighted by Crippen LogP contribution is 2.36. The lowest BCUT2D eigenvalue weighted by molar-refractivity contribution is -0.113.